The summed E-state index contributed by atoms with van der Waals surface area (Å²) in [5.74, 6) is -1.06. The van der Waals surface area contributed by atoms with Gasteiger partial charge >= 0.3 is 5.97 Å². The summed E-state index contributed by atoms with van der Waals surface area (Å²) in [5, 5.41) is 11.7. The molecule has 0 bridgehead atoms. The molecule has 0 radical (unpaired) electrons. The Kier molecular flexibility index (Phi) is 13.5. The molecule has 1 aliphatic heterocycles. The van der Waals surface area contributed by atoms with Crippen molar-refractivity contribution in [2.45, 2.75) is 18.9 Å². The average molecular weight is 442 g/mol. The molecule has 176 valence electrons. The maximum atomic E-state index is 11.8. The lowest BCUT2D eigenvalue weighted by Crippen LogP contribution is -2.50. The molecule has 0 aromatic rings. The van der Waals surface area contributed by atoms with Crippen molar-refractivity contribution in [2.24, 2.45) is 0 Å². The van der Waals surface area contributed by atoms with Crippen LogP contribution in [0.15, 0.2) is 0 Å². The van der Waals surface area contributed by atoms with E-state index in [0.717, 1.165) is 18.9 Å². The molecule has 1 fully saturated rings. The van der Waals surface area contributed by atoms with E-state index in [2.05, 4.69) is 5.32 Å². The highest BCUT2D eigenvalue weighted by molar-refractivity contribution is 5.76. The first-order chi connectivity index (χ1) is 14.9. The van der Waals surface area contributed by atoms with Gasteiger partial charge in [0.25, 0.3) is 0 Å². The molecule has 31 heavy (non-hydrogen) atoms. The monoisotopic (exact) mass is 441 g/mol. The van der Waals surface area contributed by atoms with Crippen LogP contribution < -0.4 is 5.32 Å². The molecule has 0 aromatic carbocycles. The fraction of sp³-hybridized carbons (Fsp3) is 0.750. The highest BCUT2D eigenvalue weighted by atomic mass is 16.4. The predicted molar refractivity (Wildman–Crippen MR) is 114 cm³/mol. The normalized spacial score (nSPS) is 19.5. The summed E-state index contributed by atoms with van der Waals surface area (Å²) in [6, 6.07) is -0.445. The number of aliphatic carboxylic acids is 1. The number of nitrogens with zero attached hydrogens (tertiary/aromatic N) is 4. The van der Waals surface area contributed by atoms with Crippen LogP contribution in [0.2, 0.25) is 0 Å². The first kappa shape index (κ1) is 26.8. The summed E-state index contributed by atoms with van der Waals surface area (Å²) in [7, 11) is 1.55. The quantitative estimate of drug-likeness (QED) is 0.340. The van der Waals surface area contributed by atoms with Gasteiger partial charge in [-0.05, 0) is 6.42 Å². The molecule has 1 saturated heterocycles. The van der Waals surface area contributed by atoms with Gasteiger partial charge in [-0.1, -0.05) is 0 Å². The maximum Gasteiger partial charge on any atom is 0.317 e. The van der Waals surface area contributed by atoms with Crippen molar-refractivity contribution in [3.05, 3.63) is 0 Å². The number of hydrogen-bond acceptors (Lipinski definition) is 9. The van der Waals surface area contributed by atoms with Crippen LogP contribution in [-0.2, 0) is 24.0 Å². The van der Waals surface area contributed by atoms with Gasteiger partial charge in [-0.15, -0.1) is 0 Å². The third-order valence-electron chi connectivity index (χ3n) is 5.47. The molecule has 0 spiro atoms. The van der Waals surface area contributed by atoms with E-state index in [9.17, 15) is 29.1 Å². The Labute approximate surface area is 183 Å². The summed E-state index contributed by atoms with van der Waals surface area (Å²) in [5.41, 5.74) is 0. The van der Waals surface area contributed by atoms with Crippen LogP contribution in [0.5, 0.6) is 0 Å². The molecule has 1 unspecified atom stereocenters. The molecule has 0 aromatic heterocycles. The molecular weight excluding hydrogens is 406 g/mol. The van der Waals surface area contributed by atoms with Crippen molar-refractivity contribution < 1.29 is 29.1 Å². The van der Waals surface area contributed by atoms with Crippen LogP contribution >= 0.6 is 0 Å². The van der Waals surface area contributed by atoms with Crippen molar-refractivity contribution in [1.29, 1.82) is 0 Å². The van der Waals surface area contributed by atoms with E-state index >= 15 is 0 Å². The van der Waals surface area contributed by atoms with Gasteiger partial charge in [0.05, 0.1) is 25.7 Å². The number of carboxylic acids is 1. The fourth-order valence-corrected chi connectivity index (χ4v) is 3.55. The van der Waals surface area contributed by atoms with Gasteiger partial charge in [0.15, 0.2) is 0 Å². The Morgan fingerprint density at radius 1 is 0.871 bits per heavy atom. The van der Waals surface area contributed by atoms with Gasteiger partial charge in [-0.3, -0.25) is 29.2 Å². The minimum atomic E-state index is -0.924. The molecule has 11 heteroatoms. The van der Waals surface area contributed by atoms with Gasteiger partial charge in [0.2, 0.25) is 5.91 Å². The van der Waals surface area contributed by atoms with E-state index in [-0.39, 0.29) is 32.0 Å². The fourth-order valence-electron chi connectivity index (χ4n) is 3.55. The van der Waals surface area contributed by atoms with Crippen LogP contribution in [0.4, 0.5) is 0 Å². The van der Waals surface area contributed by atoms with E-state index in [0.29, 0.717) is 58.8 Å². The zero-order chi connectivity index (χ0) is 23.1. The second kappa shape index (κ2) is 15.6. The number of nitrogens with one attached hydrogen (secondary N) is 1. The van der Waals surface area contributed by atoms with Gasteiger partial charge in [0.1, 0.15) is 18.9 Å². The maximum absolute atomic E-state index is 11.8. The Morgan fingerprint density at radius 2 is 1.35 bits per heavy atom. The van der Waals surface area contributed by atoms with Crippen LogP contribution in [0.3, 0.4) is 0 Å². The van der Waals surface area contributed by atoms with E-state index in [1.54, 1.807) is 11.9 Å². The molecule has 1 amide bonds. The van der Waals surface area contributed by atoms with Crippen molar-refractivity contribution in [3.63, 3.8) is 0 Å². The summed E-state index contributed by atoms with van der Waals surface area (Å²) in [6.07, 6.45) is 3.09. The number of amides is 1. The van der Waals surface area contributed by atoms with Crippen molar-refractivity contribution >= 4 is 30.7 Å². The lowest BCUT2D eigenvalue weighted by Gasteiger charge is -2.35. The van der Waals surface area contributed by atoms with Crippen LogP contribution in [0.25, 0.3) is 0 Å². The number of aldehydes is 3. The van der Waals surface area contributed by atoms with Gasteiger partial charge < -0.3 is 24.8 Å². The van der Waals surface area contributed by atoms with E-state index in [4.69, 9.17) is 0 Å². The molecule has 1 rings (SSSR count). The Hall–Kier alpha value is -2.21. The summed E-state index contributed by atoms with van der Waals surface area (Å²) >= 11 is 0. The van der Waals surface area contributed by atoms with Crippen LogP contribution in [0.1, 0.15) is 12.8 Å². The van der Waals surface area contributed by atoms with Gasteiger partial charge in [-0.2, -0.15) is 0 Å². The van der Waals surface area contributed by atoms with E-state index in [1.165, 1.54) is 0 Å². The molecule has 1 heterocycles. The average Bonchev–Trinajstić information content (AvgIpc) is 2.74. The standard InChI is InChI=1S/C20H35N5O6/c1-21-19(29)3-2-18(17-28)25-10-8-22(12-14-26)4-6-24(16-20(30)31)7-5-23(9-11-25)13-15-27/h14-15,17-18H,2-13,16H2,1H3,(H,21,29)(H,30,31). The molecule has 1 atom stereocenters. The molecule has 2 N–H and O–H groups in total. The van der Waals surface area contributed by atoms with Crippen molar-refractivity contribution in [2.75, 3.05) is 79.0 Å². The molecular formula is C20H35N5O6. The Bertz CT molecular complexity index is 564. The minimum Gasteiger partial charge on any atom is -0.480 e. The van der Waals surface area contributed by atoms with E-state index < -0.39 is 12.0 Å². The summed E-state index contributed by atoms with van der Waals surface area (Å²) < 4.78 is 0. The Morgan fingerprint density at radius 3 is 1.77 bits per heavy atom. The third kappa shape index (κ3) is 11.1. The smallest absolute Gasteiger partial charge is 0.317 e. The van der Waals surface area contributed by atoms with Crippen LogP contribution in [-0.4, -0.2) is 141 Å². The number of rotatable bonds is 11. The summed E-state index contributed by atoms with van der Waals surface area (Å²) in [4.78, 5) is 64.4. The van der Waals surface area contributed by atoms with Crippen molar-refractivity contribution in [3.8, 4) is 0 Å². The second-order valence-corrected chi connectivity index (χ2v) is 7.56. The third-order valence-corrected chi connectivity index (χ3v) is 5.47. The number of carbonyl (C=O) groups excluding carboxylic acids is 4. The second-order valence-electron chi connectivity index (χ2n) is 7.56. The summed E-state index contributed by atoms with van der Waals surface area (Å²) in [6.45, 7) is 4.38. The first-order valence-corrected chi connectivity index (χ1v) is 10.6. The molecule has 1 aliphatic rings. The van der Waals surface area contributed by atoms with Gasteiger partial charge in [0, 0.05) is 65.8 Å². The number of carboxylic acid groups (broad SMARTS) is 1. The number of carbonyl (C=O) groups is 5. The van der Waals surface area contributed by atoms with E-state index in [1.807, 2.05) is 14.7 Å². The molecule has 0 aliphatic carbocycles. The van der Waals surface area contributed by atoms with Gasteiger partial charge in [-0.25, -0.2) is 0 Å². The lowest BCUT2D eigenvalue weighted by atomic mass is 10.1. The first-order valence-electron chi connectivity index (χ1n) is 10.6. The predicted octanol–water partition coefficient (Wildman–Crippen LogP) is -2.22. The highest BCUT2D eigenvalue weighted by Crippen LogP contribution is 2.08. The largest absolute Gasteiger partial charge is 0.480 e. The zero-order valence-electron chi connectivity index (χ0n) is 18.3. The topological polar surface area (TPSA) is 131 Å². The van der Waals surface area contributed by atoms with Crippen LogP contribution in [0, 0.1) is 0 Å². The molecule has 11 nitrogen and oxygen atoms in total. The highest BCUT2D eigenvalue weighted by Gasteiger charge is 2.22. The lowest BCUT2D eigenvalue weighted by molar-refractivity contribution is -0.138. The SMILES string of the molecule is CNC(=O)CCC(C=O)N1CCN(CC=O)CCN(CC(=O)O)CCN(CC=O)CC1. The molecule has 0 saturated carbocycles. The Balaban J connectivity index is 2.94. The zero-order valence-corrected chi connectivity index (χ0v) is 18.3. The van der Waals surface area contributed by atoms with Crippen molar-refractivity contribution in [1.82, 2.24) is 24.9 Å². The minimum absolute atomic E-state index is 0.108. The number of hydrogen-bond donors (Lipinski definition) is 2.